The van der Waals surface area contributed by atoms with Gasteiger partial charge in [-0.2, -0.15) is 0 Å². The molecular formula is C80H139NO18. The van der Waals surface area contributed by atoms with E-state index in [0.29, 0.717) is 6.42 Å². The largest absolute Gasteiger partial charge is 0.394 e. The average molecular weight is 1400 g/mol. The molecule has 3 fully saturated rings. The van der Waals surface area contributed by atoms with Crippen LogP contribution in [0, 0.1) is 0 Å². The summed E-state index contributed by atoms with van der Waals surface area (Å²) in [5, 5.41) is 121. The third kappa shape index (κ3) is 40.5. The predicted octanol–water partition coefficient (Wildman–Crippen LogP) is 12.4. The lowest BCUT2D eigenvalue weighted by molar-refractivity contribution is -0.379. The molecule has 3 heterocycles. The van der Waals surface area contributed by atoms with Crippen LogP contribution in [0.4, 0.5) is 0 Å². The summed E-state index contributed by atoms with van der Waals surface area (Å²) in [5.74, 6) is -0.296. The first-order valence-electron chi connectivity index (χ1n) is 39.0. The number of carbonyl (C=O) groups excluding carboxylic acids is 1. The first-order valence-corrected chi connectivity index (χ1v) is 39.0. The molecule has 572 valence electrons. The molecule has 0 aromatic rings. The van der Waals surface area contributed by atoms with Crippen molar-refractivity contribution in [2.75, 3.05) is 26.4 Å². The number of aliphatic hydroxyl groups excluding tert-OH is 11. The topological polar surface area (TPSA) is 307 Å². The van der Waals surface area contributed by atoms with Gasteiger partial charge in [-0.1, -0.05) is 284 Å². The second-order valence-electron chi connectivity index (χ2n) is 27.4. The van der Waals surface area contributed by atoms with E-state index in [9.17, 15) is 61.0 Å². The van der Waals surface area contributed by atoms with Crippen molar-refractivity contribution in [2.24, 2.45) is 0 Å². The fraction of sp³-hybridized carbons (Fsp3) is 0.787. The number of carbonyl (C=O) groups is 1. The van der Waals surface area contributed by atoms with E-state index in [4.69, 9.17) is 28.4 Å². The number of nitrogens with one attached hydrogen (secondary N) is 1. The molecule has 1 amide bonds. The van der Waals surface area contributed by atoms with Crippen molar-refractivity contribution in [1.82, 2.24) is 5.32 Å². The minimum Gasteiger partial charge on any atom is -0.394 e. The normalized spacial score (nSPS) is 27.1. The Morgan fingerprint density at radius 1 is 0.374 bits per heavy atom. The van der Waals surface area contributed by atoms with Gasteiger partial charge in [0.25, 0.3) is 0 Å². The van der Waals surface area contributed by atoms with Gasteiger partial charge in [-0.05, 0) is 77.0 Å². The number of hydrogen-bond acceptors (Lipinski definition) is 18. The van der Waals surface area contributed by atoms with Crippen molar-refractivity contribution < 1.29 is 89.4 Å². The molecule has 19 heteroatoms. The van der Waals surface area contributed by atoms with Gasteiger partial charge in [0.15, 0.2) is 18.9 Å². The second kappa shape index (κ2) is 60.0. The van der Waals surface area contributed by atoms with E-state index in [2.05, 4.69) is 104 Å². The molecule has 3 aliphatic rings. The first-order chi connectivity index (χ1) is 48.3. The van der Waals surface area contributed by atoms with Crippen molar-refractivity contribution in [1.29, 1.82) is 0 Å². The van der Waals surface area contributed by atoms with Crippen LogP contribution in [0.15, 0.2) is 97.2 Å². The Labute approximate surface area is 596 Å². The second-order valence-corrected chi connectivity index (χ2v) is 27.4. The highest BCUT2D eigenvalue weighted by Gasteiger charge is 2.53. The van der Waals surface area contributed by atoms with Crippen LogP contribution in [0.25, 0.3) is 0 Å². The van der Waals surface area contributed by atoms with Gasteiger partial charge in [0.1, 0.15) is 73.2 Å². The third-order valence-corrected chi connectivity index (χ3v) is 18.9. The number of allylic oxidation sites excluding steroid dienone is 15. The van der Waals surface area contributed by atoms with Gasteiger partial charge in [0, 0.05) is 6.42 Å². The Balaban J connectivity index is 1.41. The Hall–Kier alpha value is -3.29. The van der Waals surface area contributed by atoms with Gasteiger partial charge in [0.05, 0.1) is 38.6 Å². The highest BCUT2D eigenvalue weighted by atomic mass is 16.8. The van der Waals surface area contributed by atoms with Crippen LogP contribution in [-0.2, 0) is 33.2 Å². The van der Waals surface area contributed by atoms with Crippen LogP contribution >= 0.6 is 0 Å². The molecule has 17 atom stereocenters. The Kier molecular flexibility index (Phi) is 54.5. The average Bonchev–Trinajstić information content (AvgIpc) is 0.784. The van der Waals surface area contributed by atoms with Gasteiger partial charge < -0.3 is 89.9 Å². The maximum atomic E-state index is 13.5. The lowest BCUT2D eigenvalue weighted by Gasteiger charge is -2.48. The number of aliphatic hydroxyl groups is 11. The zero-order valence-electron chi connectivity index (χ0n) is 60.9. The summed E-state index contributed by atoms with van der Waals surface area (Å²) in [6.45, 7) is 1.62. The molecular weight excluding hydrogens is 1260 g/mol. The number of amides is 1. The summed E-state index contributed by atoms with van der Waals surface area (Å²) < 4.78 is 34.4. The van der Waals surface area contributed by atoms with E-state index in [-0.39, 0.29) is 18.9 Å². The minimum atomic E-state index is -1.99. The maximum Gasteiger partial charge on any atom is 0.220 e. The molecule has 0 saturated carbocycles. The predicted molar refractivity (Wildman–Crippen MR) is 392 cm³/mol. The summed E-state index contributed by atoms with van der Waals surface area (Å²) in [4.78, 5) is 13.5. The lowest BCUT2D eigenvalue weighted by atomic mass is 9.96. The molecule has 0 aromatic carbocycles. The van der Waals surface area contributed by atoms with Crippen LogP contribution < -0.4 is 5.32 Å². The molecule has 0 aromatic heterocycles. The standard InChI is InChI=1S/C80H139NO18/c1-3-5-7-9-11-13-15-17-19-21-23-25-27-29-31-33-35-37-39-41-43-45-47-49-51-53-55-57-64(85)63(81-68(86)58-56-54-52-50-48-46-44-42-40-38-36-34-32-30-28-26-24-22-20-18-16-14-12-10-8-6-4-2)62-94-78-74(92)71(89)76(66(60-83)96-78)99-80-75(93)72(90)77(67(61-84)97-80)98-79-73(91)70(88)69(87)65(59-82)95-79/h6,8,12,14,18,20,24,26,30,32,36,38,42,44,55,57,63-67,69-80,82-85,87-93H,3-5,7,9-11,13,15-17,19,21-23,25,27-29,31,33-35,37,39-41,43,45-54,56,58-62H2,1-2H3,(H,81,86)/b8-6-,14-12-,20-18-,26-24-,32-30-,38-36-,44-42-,57-55+. The van der Waals surface area contributed by atoms with E-state index < -0.39 is 124 Å². The molecule has 12 N–H and O–H groups in total. The van der Waals surface area contributed by atoms with Crippen molar-refractivity contribution >= 4 is 5.91 Å². The van der Waals surface area contributed by atoms with Gasteiger partial charge in [0.2, 0.25) is 5.91 Å². The number of rotatable bonds is 60. The van der Waals surface area contributed by atoms with Gasteiger partial charge in [-0.25, -0.2) is 0 Å². The van der Waals surface area contributed by atoms with Gasteiger partial charge in [-0.3, -0.25) is 4.79 Å². The Morgan fingerprint density at radius 3 is 1.09 bits per heavy atom. The van der Waals surface area contributed by atoms with E-state index in [1.54, 1.807) is 6.08 Å². The highest BCUT2D eigenvalue weighted by Crippen LogP contribution is 2.33. The zero-order valence-corrected chi connectivity index (χ0v) is 60.9. The summed E-state index contributed by atoms with van der Waals surface area (Å²) >= 11 is 0. The molecule has 3 rings (SSSR count). The van der Waals surface area contributed by atoms with Crippen molar-refractivity contribution in [3.05, 3.63) is 97.2 Å². The summed E-state index contributed by atoms with van der Waals surface area (Å²) in [6, 6.07) is -0.993. The quantitative estimate of drug-likeness (QED) is 0.0199. The van der Waals surface area contributed by atoms with E-state index in [1.165, 1.54) is 141 Å². The van der Waals surface area contributed by atoms with Crippen LogP contribution in [0.1, 0.15) is 271 Å². The van der Waals surface area contributed by atoms with Crippen LogP contribution in [0.3, 0.4) is 0 Å². The van der Waals surface area contributed by atoms with E-state index in [0.717, 1.165) is 103 Å². The zero-order chi connectivity index (χ0) is 71.8. The summed E-state index contributed by atoms with van der Waals surface area (Å²) in [7, 11) is 0. The smallest absolute Gasteiger partial charge is 0.220 e. The Morgan fingerprint density at radius 2 is 0.697 bits per heavy atom. The van der Waals surface area contributed by atoms with Crippen molar-refractivity contribution in [3.8, 4) is 0 Å². The molecule has 3 aliphatic heterocycles. The third-order valence-electron chi connectivity index (χ3n) is 18.9. The lowest BCUT2D eigenvalue weighted by Crippen LogP contribution is -2.66. The molecule has 0 bridgehead atoms. The molecule has 0 spiro atoms. The van der Waals surface area contributed by atoms with Crippen LogP contribution in [0.5, 0.6) is 0 Å². The fourth-order valence-electron chi connectivity index (χ4n) is 12.6. The number of ether oxygens (including phenoxy) is 6. The molecule has 0 radical (unpaired) electrons. The van der Waals surface area contributed by atoms with Gasteiger partial charge >= 0.3 is 0 Å². The van der Waals surface area contributed by atoms with Crippen molar-refractivity contribution in [3.63, 3.8) is 0 Å². The molecule has 17 unspecified atom stereocenters. The van der Waals surface area contributed by atoms with Crippen LogP contribution in [0.2, 0.25) is 0 Å². The Bertz CT molecular complexity index is 2170. The highest BCUT2D eigenvalue weighted by molar-refractivity contribution is 5.76. The minimum absolute atomic E-state index is 0.215. The molecule has 0 aliphatic carbocycles. The summed E-state index contributed by atoms with van der Waals surface area (Å²) in [5.41, 5.74) is 0. The monoisotopic (exact) mass is 1400 g/mol. The number of hydrogen-bond donors (Lipinski definition) is 12. The van der Waals surface area contributed by atoms with Crippen LogP contribution in [-0.4, -0.2) is 193 Å². The molecule has 19 nitrogen and oxygen atoms in total. The first kappa shape index (κ1) is 89.9. The van der Waals surface area contributed by atoms with Crippen molar-refractivity contribution in [2.45, 2.75) is 375 Å². The van der Waals surface area contributed by atoms with E-state index in [1.807, 2.05) is 6.08 Å². The SMILES string of the molecule is CC/C=C\C/C=C\C/C=C\C/C=C\C/C=C\C/C=C\C/C=C\CCCCCCCC(=O)NC(COC1OC(CO)C(OC2OC(CO)C(OC3OC(CO)C(O)C(O)C3O)C(O)C2O)C(O)C1O)C(O)/C=C/CCCCCCCCCCCCCCCCCCCCCCCCCCC. The summed E-state index contributed by atoms with van der Waals surface area (Å²) in [6.07, 6.45) is 53.8. The fourth-order valence-corrected chi connectivity index (χ4v) is 12.6. The molecule has 99 heavy (non-hydrogen) atoms. The van der Waals surface area contributed by atoms with Gasteiger partial charge in [-0.15, -0.1) is 0 Å². The maximum absolute atomic E-state index is 13.5. The van der Waals surface area contributed by atoms with E-state index >= 15 is 0 Å². The number of unbranched alkanes of at least 4 members (excludes halogenated alkanes) is 30. The molecule has 3 saturated heterocycles.